The first-order chi connectivity index (χ1) is 8.69. The van der Waals surface area contributed by atoms with Gasteiger partial charge in [0, 0.05) is 17.1 Å². The zero-order valence-corrected chi connectivity index (χ0v) is 13.3. The number of hydrogen-bond acceptors (Lipinski definition) is 2. The third-order valence-electron chi connectivity index (χ3n) is 2.72. The number of aryl methyl sites for hydroxylation is 2. The van der Waals surface area contributed by atoms with Crippen molar-refractivity contribution in [2.24, 2.45) is 0 Å². The molecule has 1 aromatic rings. The van der Waals surface area contributed by atoms with E-state index in [0.29, 0.717) is 6.61 Å². The second kappa shape index (κ2) is 6.44. The fourth-order valence-corrected chi connectivity index (χ4v) is 1.73. The van der Waals surface area contributed by atoms with E-state index in [-0.39, 0.29) is 5.54 Å². The highest BCUT2D eigenvalue weighted by Crippen LogP contribution is 2.25. The van der Waals surface area contributed by atoms with E-state index in [0.717, 1.165) is 34.0 Å². The smallest absolute Gasteiger partial charge is 0.120 e. The van der Waals surface area contributed by atoms with Crippen LogP contribution in [0.4, 0.5) is 0 Å². The SMILES string of the molecule is C=C(CNC(C)(C)C)COc1cc(C)c(Cl)c(C)c1. The zero-order chi connectivity index (χ0) is 14.6. The van der Waals surface area contributed by atoms with Gasteiger partial charge in [0.2, 0.25) is 0 Å². The van der Waals surface area contributed by atoms with E-state index in [1.54, 1.807) is 0 Å². The maximum Gasteiger partial charge on any atom is 0.120 e. The predicted octanol–water partition coefficient (Wildman–Crippen LogP) is 4.28. The van der Waals surface area contributed by atoms with Gasteiger partial charge in [-0.05, 0) is 63.5 Å². The van der Waals surface area contributed by atoms with Crippen molar-refractivity contribution < 1.29 is 4.74 Å². The molecular formula is C16H24ClNO. The topological polar surface area (TPSA) is 21.3 Å². The lowest BCUT2D eigenvalue weighted by Gasteiger charge is -2.21. The van der Waals surface area contributed by atoms with Crippen LogP contribution < -0.4 is 10.1 Å². The molecule has 0 bridgehead atoms. The van der Waals surface area contributed by atoms with Crippen molar-refractivity contribution in [3.05, 3.63) is 40.4 Å². The van der Waals surface area contributed by atoms with Crippen LogP contribution in [-0.4, -0.2) is 18.7 Å². The number of benzene rings is 1. The maximum absolute atomic E-state index is 6.13. The summed E-state index contributed by atoms with van der Waals surface area (Å²) in [4.78, 5) is 0. The van der Waals surface area contributed by atoms with Crippen molar-refractivity contribution in [1.29, 1.82) is 0 Å². The molecule has 0 aliphatic rings. The van der Waals surface area contributed by atoms with Gasteiger partial charge in [0.1, 0.15) is 12.4 Å². The van der Waals surface area contributed by atoms with Gasteiger partial charge in [0.15, 0.2) is 0 Å². The Balaban J connectivity index is 2.51. The van der Waals surface area contributed by atoms with E-state index in [9.17, 15) is 0 Å². The van der Waals surface area contributed by atoms with Crippen molar-refractivity contribution in [1.82, 2.24) is 5.32 Å². The van der Waals surface area contributed by atoms with Crippen LogP contribution in [0.1, 0.15) is 31.9 Å². The molecule has 1 N–H and O–H groups in total. The van der Waals surface area contributed by atoms with Gasteiger partial charge in [-0.25, -0.2) is 0 Å². The first-order valence-electron chi connectivity index (χ1n) is 6.50. The molecule has 0 aliphatic heterocycles. The highest BCUT2D eigenvalue weighted by atomic mass is 35.5. The van der Waals surface area contributed by atoms with Crippen LogP contribution in [0.5, 0.6) is 5.75 Å². The van der Waals surface area contributed by atoms with Gasteiger partial charge in [0.25, 0.3) is 0 Å². The molecule has 2 nitrogen and oxygen atoms in total. The summed E-state index contributed by atoms with van der Waals surface area (Å²) in [7, 11) is 0. The quantitative estimate of drug-likeness (QED) is 0.814. The number of ether oxygens (including phenoxy) is 1. The third kappa shape index (κ3) is 5.66. The Morgan fingerprint density at radius 1 is 1.26 bits per heavy atom. The number of rotatable bonds is 5. The van der Waals surface area contributed by atoms with Gasteiger partial charge < -0.3 is 10.1 Å². The molecule has 1 rings (SSSR count). The summed E-state index contributed by atoms with van der Waals surface area (Å²) >= 11 is 6.13. The van der Waals surface area contributed by atoms with Crippen molar-refractivity contribution in [2.45, 2.75) is 40.2 Å². The normalized spacial score (nSPS) is 11.5. The highest BCUT2D eigenvalue weighted by molar-refractivity contribution is 6.32. The standard InChI is InChI=1S/C16H24ClNO/c1-11(9-18-16(4,5)6)10-19-14-7-12(2)15(17)13(3)8-14/h7-8,18H,1,9-10H2,2-6H3. The predicted molar refractivity (Wildman–Crippen MR) is 83.3 cm³/mol. The summed E-state index contributed by atoms with van der Waals surface area (Å²) in [5.74, 6) is 0.844. The fraction of sp³-hybridized carbons (Fsp3) is 0.500. The van der Waals surface area contributed by atoms with Gasteiger partial charge in [-0.15, -0.1) is 0 Å². The lowest BCUT2D eigenvalue weighted by molar-refractivity contribution is 0.341. The summed E-state index contributed by atoms with van der Waals surface area (Å²) in [5.41, 5.74) is 3.20. The summed E-state index contributed by atoms with van der Waals surface area (Å²) in [6.45, 7) is 15.7. The minimum Gasteiger partial charge on any atom is -0.489 e. The molecular weight excluding hydrogens is 258 g/mol. The van der Waals surface area contributed by atoms with Crippen LogP contribution >= 0.6 is 11.6 Å². The zero-order valence-electron chi connectivity index (χ0n) is 12.6. The number of hydrogen-bond donors (Lipinski definition) is 1. The second-order valence-electron chi connectivity index (χ2n) is 6.01. The molecule has 0 aliphatic carbocycles. The minimum atomic E-state index is 0.0936. The molecule has 0 saturated carbocycles. The van der Waals surface area contributed by atoms with Gasteiger partial charge in [0.05, 0.1) is 0 Å². The molecule has 0 atom stereocenters. The van der Waals surface area contributed by atoms with E-state index in [4.69, 9.17) is 16.3 Å². The van der Waals surface area contributed by atoms with Gasteiger partial charge in [-0.2, -0.15) is 0 Å². The Labute approximate surface area is 121 Å². The van der Waals surface area contributed by atoms with Crippen LogP contribution in [0.15, 0.2) is 24.3 Å². The van der Waals surface area contributed by atoms with Crippen LogP contribution in [0, 0.1) is 13.8 Å². The molecule has 0 radical (unpaired) electrons. The van der Waals surface area contributed by atoms with E-state index >= 15 is 0 Å². The summed E-state index contributed by atoms with van der Waals surface area (Å²) in [6.07, 6.45) is 0. The molecule has 0 saturated heterocycles. The third-order valence-corrected chi connectivity index (χ3v) is 3.32. The first kappa shape index (κ1) is 16.1. The summed E-state index contributed by atoms with van der Waals surface area (Å²) in [6, 6.07) is 3.92. The minimum absolute atomic E-state index is 0.0936. The Morgan fingerprint density at radius 3 is 2.26 bits per heavy atom. The molecule has 0 heterocycles. The second-order valence-corrected chi connectivity index (χ2v) is 6.39. The molecule has 1 aromatic carbocycles. The molecule has 0 spiro atoms. The van der Waals surface area contributed by atoms with E-state index < -0.39 is 0 Å². The molecule has 0 unspecified atom stereocenters. The van der Waals surface area contributed by atoms with Gasteiger partial charge in [-0.3, -0.25) is 0 Å². The Morgan fingerprint density at radius 2 is 1.79 bits per heavy atom. The van der Waals surface area contributed by atoms with Crippen molar-refractivity contribution in [3.8, 4) is 5.75 Å². The lowest BCUT2D eigenvalue weighted by atomic mass is 10.1. The number of nitrogens with one attached hydrogen (secondary N) is 1. The van der Waals surface area contributed by atoms with Crippen LogP contribution in [-0.2, 0) is 0 Å². The van der Waals surface area contributed by atoms with E-state index in [1.165, 1.54) is 0 Å². The summed E-state index contributed by atoms with van der Waals surface area (Å²) in [5, 5.41) is 4.20. The van der Waals surface area contributed by atoms with Gasteiger partial charge >= 0.3 is 0 Å². The highest BCUT2D eigenvalue weighted by Gasteiger charge is 2.09. The molecule has 0 amide bonds. The molecule has 19 heavy (non-hydrogen) atoms. The van der Waals surface area contributed by atoms with E-state index in [1.807, 2.05) is 26.0 Å². The largest absolute Gasteiger partial charge is 0.489 e. The van der Waals surface area contributed by atoms with Crippen molar-refractivity contribution in [2.75, 3.05) is 13.2 Å². The van der Waals surface area contributed by atoms with Crippen molar-refractivity contribution in [3.63, 3.8) is 0 Å². The number of halogens is 1. The molecule has 0 fully saturated rings. The first-order valence-corrected chi connectivity index (χ1v) is 6.88. The maximum atomic E-state index is 6.13. The molecule has 3 heteroatoms. The lowest BCUT2D eigenvalue weighted by Crippen LogP contribution is -2.37. The Bertz CT molecular complexity index is 437. The van der Waals surface area contributed by atoms with E-state index in [2.05, 4.69) is 32.7 Å². The van der Waals surface area contributed by atoms with Gasteiger partial charge in [-0.1, -0.05) is 18.2 Å². The van der Waals surface area contributed by atoms with Crippen LogP contribution in [0.2, 0.25) is 5.02 Å². The molecule has 0 aromatic heterocycles. The fourth-order valence-electron chi connectivity index (χ4n) is 1.62. The summed E-state index contributed by atoms with van der Waals surface area (Å²) < 4.78 is 5.75. The Kier molecular flexibility index (Phi) is 5.45. The monoisotopic (exact) mass is 281 g/mol. The van der Waals surface area contributed by atoms with Crippen LogP contribution in [0.3, 0.4) is 0 Å². The van der Waals surface area contributed by atoms with Crippen molar-refractivity contribution >= 4 is 11.6 Å². The average molecular weight is 282 g/mol. The Hall–Kier alpha value is -0.990. The molecule has 106 valence electrons. The van der Waals surface area contributed by atoms with Crippen LogP contribution in [0.25, 0.3) is 0 Å². The average Bonchev–Trinajstić information content (AvgIpc) is 2.29.